The highest BCUT2D eigenvalue weighted by Crippen LogP contribution is 2.25. The molecule has 0 aromatic carbocycles. The maximum Gasteiger partial charge on any atom is 0.225 e. The van der Waals surface area contributed by atoms with Crippen molar-refractivity contribution in [3.63, 3.8) is 0 Å². The molecule has 0 unspecified atom stereocenters. The van der Waals surface area contributed by atoms with E-state index in [0.29, 0.717) is 25.4 Å². The highest BCUT2D eigenvalue weighted by molar-refractivity contribution is 7.07. The van der Waals surface area contributed by atoms with Gasteiger partial charge in [-0.25, -0.2) is 0 Å². The van der Waals surface area contributed by atoms with Gasteiger partial charge in [-0.3, -0.25) is 9.59 Å². The van der Waals surface area contributed by atoms with Crippen LogP contribution in [0.1, 0.15) is 56.9 Å². The van der Waals surface area contributed by atoms with Crippen LogP contribution in [0.3, 0.4) is 0 Å². The Morgan fingerprint density at radius 1 is 1.26 bits per heavy atom. The average molecular weight is 334 g/mol. The van der Waals surface area contributed by atoms with Crippen molar-refractivity contribution in [2.24, 2.45) is 0 Å². The molecule has 1 aromatic rings. The van der Waals surface area contributed by atoms with Gasteiger partial charge < -0.3 is 10.2 Å². The Hall–Kier alpha value is -1.36. The van der Waals surface area contributed by atoms with E-state index in [0.717, 1.165) is 19.3 Å². The summed E-state index contributed by atoms with van der Waals surface area (Å²) in [6.45, 7) is 0.702. The monoisotopic (exact) mass is 334 g/mol. The summed E-state index contributed by atoms with van der Waals surface area (Å²) in [5, 5.41) is 7.18. The average Bonchev–Trinajstić information content (AvgIpc) is 3.08. The van der Waals surface area contributed by atoms with E-state index in [2.05, 4.69) is 16.8 Å². The molecule has 1 saturated carbocycles. The number of nitrogens with zero attached hydrogens (tertiary/aromatic N) is 1. The van der Waals surface area contributed by atoms with Crippen LogP contribution in [0.2, 0.25) is 0 Å². The van der Waals surface area contributed by atoms with Crippen molar-refractivity contribution in [2.75, 3.05) is 6.54 Å². The van der Waals surface area contributed by atoms with Gasteiger partial charge in [0.15, 0.2) is 0 Å². The van der Waals surface area contributed by atoms with Crippen LogP contribution < -0.4 is 5.32 Å². The minimum absolute atomic E-state index is 0.000674. The number of aryl methyl sites for hydroxylation is 1. The van der Waals surface area contributed by atoms with E-state index >= 15 is 0 Å². The van der Waals surface area contributed by atoms with E-state index in [-0.39, 0.29) is 17.9 Å². The Morgan fingerprint density at radius 2 is 2.04 bits per heavy atom. The molecule has 5 heteroatoms. The molecule has 1 aliphatic heterocycles. The van der Waals surface area contributed by atoms with Crippen molar-refractivity contribution in [2.45, 2.75) is 69.9 Å². The summed E-state index contributed by atoms with van der Waals surface area (Å²) in [6.07, 6.45) is 9.06. The lowest BCUT2D eigenvalue weighted by atomic mass is 10.1. The van der Waals surface area contributed by atoms with Gasteiger partial charge in [-0.1, -0.05) is 25.7 Å². The van der Waals surface area contributed by atoms with Crippen LogP contribution in [0.15, 0.2) is 16.8 Å². The molecule has 1 N–H and O–H groups in total. The molecule has 126 valence electrons. The third-order valence-electron chi connectivity index (χ3n) is 5.01. The molecule has 2 heterocycles. The van der Waals surface area contributed by atoms with Crippen LogP contribution in [0.25, 0.3) is 0 Å². The van der Waals surface area contributed by atoms with Crippen LogP contribution >= 0.6 is 11.3 Å². The van der Waals surface area contributed by atoms with Gasteiger partial charge in [0.05, 0.1) is 6.04 Å². The SMILES string of the molecule is O=C(CCc1ccsc1)N[C@H]1CC(=O)N(C2CCCCCC2)C1. The molecule has 3 rings (SSSR count). The first-order chi connectivity index (χ1) is 11.2. The largest absolute Gasteiger partial charge is 0.351 e. The lowest BCUT2D eigenvalue weighted by Gasteiger charge is -2.27. The van der Waals surface area contributed by atoms with Gasteiger partial charge in [0.25, 0.3) is 0 Å². The Kier molecular flexibility index (Phi) is 5.70. The lowest BCUT2D eigenvalue weighted by molar-refractivity contribution is -0.129. The molecular weight excluding hydrogens is 308 g/mol. The zero-order chi connectivity index (χ0) is 16.1. The number of likely N-dealkylation sites (tertiary alicyclic amines) is 1. The van der Waals surface area contributed by atoms with Crippen molar-refractivity contribution in [3.05, 3.63) is 22.4 Å². The van der Waals surface area contributed by atoms with E-state index in [1.54, 1.807) is 11.3 Å². The first-order valence-electron chi connectivity index (χ1n) is 8.82. The second-order valence-corrected chi connectivity index (χ2v) is 7.57. The second kappa shape index (κ2) is 7.95. The van der Waals surface area contributed by atoms with Crippen molar-refractivity contribution < 1.29 is 9.59 Å². The first-order valence-corrected chi connectivity index (χ1v) is 9.76. The smallest absolute Gasteiger partial charge is 0.225 e. The highest BCUT2D eigenvalue weighted by atomic mass is 32.1. The highest BCUT2D eigenvalue weighted by Gasteiger charge is 2.34. The Labute approximate surface area is 142 Å². The number of rotatable bonds is 5. The molecule has 23 heavy (non-hydrogen) atoms. The molecule has 1 saturated heterocycles. The molecule has 2 aliphatic rings. The molecule has 2 amide bonds. The summed E-state index contributed by atoms with van der Waals surface area (Å²) in [4.78, 5) is 26.4. The van der Waals surface area contributed by atoms with E-state index in [1.165, 1.54) is 31.2 Å². The summed E-state index contributed by atoms with van der Waals surface area (Å²) < 4.78 is 0. The summed E-state index contributed by atoms with van der Waals surface area (Å²) in [5.74, 6) is 0.289. The van der Waals surface area contributed by atoms with Gasteiger partial charge >= 0.3 is 0 Å². The zero-order valence-corrected chi connectivity index (χ0v) is 14.4. The maximum atomic E-state index is 12.3. The van der Waals surface area contributed by atoms with Crippen LogP contribution in [0.4, 0.5) is 0 Å². The number of amides is 2. The summed E-state index contributed by atoms with van der Waals surface area (Å²) in [5.41, 5.74) is 1.22. The molecule has 1 aromatic heterocycles. The van der Waals surface area contributed by atoms with Gasteiger partial charge in [0.2, 0.25) is 11.8 Å². The van der Waals surface area contributed by atoms with E-state index < -0.39 is 0 Å². The van der Waals surface area contributed by atoms with Gasteiger partial charge in [-0.2, -0.15) is 11.3 Å². The molecule has 1 atom stereocenters. The predicted molar refractivity (Wildman–Crippen MR) is 92.4 cm³/mol. The lowest BCUT2D eigenvalue weighted by Crippen LogP contribution is -2.40. The molecule has 0 spiro atoms. The Bertz CT molecular complexity index is 521. The number of carbonyl (C=O) groups excluding carboxylic acids is 2. The fraction of sp³-hybridized carbons (Fsp3) is 0.667. The number of thiophene rings is 1. The van der Waals surface area contributed by atoms with Crippen molar-refractivity contribution in [3.8, 4) is 0 Å². The number of carbonyl (C=O) groups is 2. The summed E-state index contributed by atoms with van der Waals surface area (Å²) >= 11 is 1.66. The van der Waals surface area contributed by atoms with Gasteiger partial charge in [0.1, 0.15) is 0 Å². The van der Waals surface area contributed by atoms with E-state index in [1.807, 2.05) is 10.3 Å². The summed E-state index contributed by atoms with van der Waals surface area (Å²) in [6, 6.07) is 2.46. The van der Waals surface area contributed by atoms with Gasteiger partial charge in [0, 0.05) is 25.4 Å². The third kappa shape index (κ3) is 4.56. The molecule has 2 fully saturated rings. The third-order valence-corrected chi connectivity index (χ3v) is 5.74. The molecular formula is C18H26N2O2S. The fourth-order valence-electron chi connectivity index (χ4n) is 3.74. The van der Waals surface area contributed by atoms with Crippen molar-refractivity contribution >= 4 is 23.2 Å². The van der Waals surface area contributed by atoms with Crippen LogP contribution in [-0.2, 0) is 16.0 Å². The Balaban J connectivity index is 1.46. The van der Waals surface area contributed by atoms with Crippen LogP contribution in [0.5, 0.6) is 0 Å². The first kappa shape index (κ1) is 16.5. The molecule has 4 nitrogen and oxygen atoms in total. The zero-order valence-electron chi connectivity index (χ0n) is 13.6. The Morgan fingerprint density at radius 3 is 2.74 bits per heavy atom. The second-order valence-electron chi connectivity index (χ2n) is 6.79. The quantitative estimate of drug-likeness (QED) is 0.841. The fourth-order valence-corrected chi connectivity index (χ4v) is 4.45. The van der Waals surface area contributed by atoms with Gasteiger partial charge in [-0.05, 0) is 41.7 Å². The normalized spacial score (nSPS) is 23.0. The number of hydrogen-bond donors (Lipinski definition) is 1. The summed E-state index contributed by atoms with van der Waals surface area (Å²) in [7, 11) is 0. The number of nitrogens with one attached hydrogen (secondary N) is 1. The molecule has 0 radical (unpaired) electrons. The van der Waals surface area contributed by atoms with E-state index in [9.17, 15) is 9.59 Å². The number of hydrogen-bond acceptors (Lipinski definition) is 3. The van der Waals surface area contributed by atoms with Crippen molar-refractivity contribution in [1.82, 2.24) is 10.2 Å². The molecule has 0 bridgehead atoms. The minimum atomic E-state index is 0.000674. The standard InChI is InChI=1S/C18H26N2O2S/c21-17(8-7-14-9-10-23-13-14)19-15-11-18(22)20(12-15)16-5-3-1-2-4-6-16/h9-10,13,15-16H,1-8,11-12H2,(H,19,21)/t15-/m0/s1. The van der Waals surface area contributed by atoms with E-state index in [4.69, 9.17) is 0 Å². The van der Waals surface area contributed by atoms with Crippen LogP contribution in [-0.4, -0.2) is 35.3 Å². The topological polar surface area (TPSA) is 49.4 Å². The minimum Gasteiger partial charge on any atom is -0.351 e. The van der Waals surface area contributed by atoms with Crippen molar-refractivity contribution in [1.29, 1.82) is 0 Å². The predicted octanol–water partition coefficient (Wildman–Crippen LogP) is 3.12. The molecule has 1 aliphatic carbocycles. The van der Waals surface area contributed by atoms with Crippen LogP contribution in [0, 0.1) is 0 Å². The van der Waals surface area contributed by atoms with Gasteiger partial charge in [-0.15, -0.1) is 0 Å². The maximum absolute atomic E-state index is 12.3.